The van der Waals surface area contributed by atoms with E-state index in [2.05, 4.69) is 4.98 Å². The third-order valence-electron chi connectivity index (χ3n) is 3.77. The maximum absolute atomic E-state index is 11.2. The summed E-state index contributed by atoms with van der Waals surface area (Å²) in [6.45, 7) is 3.99. The maximum atomic E-state index is 11.2. The first kappa shape index (κ1) is 12.9. The number of likely N-dealkylation sites (tertiary alicyclic amines) is 1. The van der Waals surface area contributed by atoms with Crippen molar-refractivity contribution >= 4 is 17.7 Å². The molecule has 0 aromatic carbocycles. The molecular weight excluding hydrogens is 260 g/mol. The topological polar surface area (TPSA) is 42.4 Å². The average Bonchev–Trinajstić information content (AvgIpc) is 2.80. The van der Waals surface area contributed by atoms with Crippen LogP contribution in [-0.2, 0) is 16.1 Å². The van der Waals surface area contributed by atoms with Crippen LogP contribution < -0.4 is 0 Å². The average molecular weight is 278 g/mol. The fraction of sp³-hybridized carbons (Fsp3) is 0.571. The summed E-state index contributed by atoms with van der Waals surface area (Å²) in [5.41, 5.74) is 0.979. The van der Waals surface area contributed by atoms with Gasteiger partial charge in [-0.25, -0.2) is 0 Å². The highest BCUT2D eigenvalue weighted by molar-refractivity contribution is 8.01. The summed E-state index contributed by atoms with van der Waals surface area (Å²) < 4.78 is 6.19. The molecule has 0 N–H and O–H groups in total. The Balaban J connectivity index is 1.47. The molecular formula is C14H18N2O2S. The van der Waals surface area contributed by atoms with Gasteiger partial charge in [-0.3, -0.25) is 9.78 Å². The summed E-state index contributed by atoms with van der Waals surface area (Å²) >= 11 is 1.96. The van der Waals surface area contributed by atoms with E-state index in [-0.39, 0.29) is 10.7 Å². The Labute approximate surface area is 117 Å². The van der Waals surface area contributed by atoms with Gasteiger partial charge in [-0.15, -0.1) is 11.8 Å². The number of nitrogens with zero attached hydrogens (tertiary/aromatic N) is 2. The molecule has 0 unspecified atom stereocenters. The van der Waals surface area contributed by atoms with Gasteiger partial charge in [-0.1, -0.05) is 6.07 Å². The number of pyridine rings is 1. The van der Waals surface area contributed by atoms with Gasteiger partial charge in [0.05, 0.1) is 23.2 Å². The standard InChI is InChI=1S/C14H18N2O2S/c1-11(17)16-9-14(10-16)6-13(8-19-14)18-7-12-4-2-3-5-15-12/h2-5,13H,6-10H2,1H3/t13-/m0/s1. The molecule has 4 nitrogen and oxygen atoms in total. The van der Waals surface area contributed by atoms with E-state index in [1.165, 1.54) is 0 Å². The highest BCUT2D eigenvalue weighted by Crippen LogP contribution is 2.46. The van der Waals surface area contributed by atoms with Crippen LogP contribution in [-0.4, -0.2) is 45.5 Å². The Bertz CT molecular complexity index is 460. The lowest BCUT2D eigenvalue weighted by Gasteiger charge is -2.47. The molecule has 5 heteroatoms. The molecule has 0 radical (unpaired) electrons. The second kappa shape index (κ2) is 5.13. The lowest BCUT2D eigenvalue weighted by molar-refractivity contribution is -0.134. The third kappa shape index (κ3) is 2.77. The zero-order valence-corrected chi connectivity index (χ0v) is 11.9. The van der Waals surface area contributed by atoms with Crippen molar-refractivity contribution in [1.82, 2.24) is 9.88 Å². The molecule has 2 saturated heterocycles. The zero-order chi connectivity index (χ0) is 13.3. The van der Waals surface area contributed by atoms with E-state index in [4.69, 9.17) is 4.74 Å². The lowest BCUT2D eigenvalue weighted by Crippen LogP contribution is -2.60. The van der Waals surface area contributed by atoms with Crippen molar-refractivity contribution in [1.29, 1.82) is 0 Å². The summed E-state index contributed by atoms with van der Waals surface area (Å²) in [5.74, 6) is 1.21. The van der Waals surface area contributed by atoms with Crippen molar-refractivity contribution in [2.75, 3.05) is 18.8 Å². The Morgan fingerprint density at radius 3 is 3.11 bits per heavy atom. The first-order chi connectivity index (χ1) is 9.17. The number of amides is 1. The fourth-order valence-corrected chi connectivity index (χ4v) is 4.24. The molecule has 2 aliphatic heterocycles. The maximum Gasteiger partial charge on any atom is 0.219 e. The normalized spacial score (nSPS) is 24.5. The number of carbonyl (C=O) groups is 1. The van der Waals surface area contributed by atoms with Crippen molar-refractivity contribution in [3.63, 3.8) is 0 Å². The largest absolute Gasteiger partial charge is 0.371 e. The van der Waals surface area contributed by atoms with Gasteiger partial charge in [-0.05, 0) is 18.6 Å². The van der Waals surface area contributed by atoms with Crippen LogP contribution in [0.1, 0.15) is 19.0 Å². The Morgan fingerprint density at radius 1 is 1.58 bits per heavy atom. The second-order valence-corrected chi connectivity index (χ2v) is 6.82. The third-order valence-corrected chi connectivity index (χ3v) is 5.35. The summed E-state index contributed by atoms with van der Waals surface area (Å²) in [6, 6.07) is 5.88. The number of hydrogen-bond donors (Lipinski definition) is 0. The van der Waals surface area contributed by atoms with E-state index in [0.717, 1.165) is 31.0 Å². The smallest absolute Gasteiger partial charge is 0.219 e. The van der Waals surface area contributed by atoms with Crippen LogP contribution in [0.5, 0.6) is 0 Å². The predicted octanol–water partition coefficient (Wildman–Crippen LogP) is 1.70. The van der Waals surface area contributed by atoms with Crippen LogP contribution in [0, 0.1) is 0 Å². The number of carbonyl (C=O) groups excluding carboxylic acids is 1. The molecule has 1 atom stereocenters. The minimum atomic E-state index is 0.184. The molecule has 19 heavy (non-hydrogen) atoms. The van der Waals surface area contributed by atoms with E-state index < -0.39 is 0 Å². The predicted molar refractivity (Wildman–Crippen MR) is 74.9 cm³/mol. The number of thioether (sulfide) groups is 1. The minimum Gasteiger partial charge on any atom is -0.371 e. The van der Waals surface area contributed by atoms with Crippen molar-refractivity contribution < 1.29 is 9.53 Å². The fourth-order valence-electron chi connectivity index (χ4n) is 2.69. The summed E-state index contributed by atoms with van der Waals surface area (Å²) in [4.78, 5) is 17.4. The SMILES string of the molecule is CC(=O)N1CC2(C[C@H](OCc3ccccn3)CS2)C1. The molecule has 1 spiro atoms. The molecule has 1 aromatic rings. The van der Waals surface area contributed by atoms with Crippen molar-refractivity contribution in [3.05, 3.63) is 30.1 Å². The van der Waals surface area contributed by atoms with Gasteiger partial charge in [0.1, 0.15) is 0 Å². The van der Waals surface area contributed by atoms with Gasteiger partial charge >= 0.3 is 0 Å². The van der Waals surface area contributed by atoms with Crippen LogP contribution >= 0.6 is 11.8 Å². The van der Waals surface area contributed by atoms with Gasteiger partial charge in [0.15, 0.2) is 0 Å². The van der Waals surface area contributed by atoms with Crippen LogP contribution in [0.15, 0.2) is 24.4 Å². The molecule has 2 aliphatic rings. The Kier molecular flexibility index (Phi) is 3.50. The van der Waals surface area contributed by atoms with E-state index in [0.29, 0.717) is 12.7 Å². The molecule has 2 fully saturated rings. The lowest BCUT2D eigenvalue weighted by atomic mass is 9.93. The molecule has 1 aromatic heterocycles. The second-order valence-electron chi connectivity index (χ2n) is 5.33. The van der Waals surface area contributed by atoms with E-state index in [1.54, 1.807) is 13.1 Å². The number of hydrogen-bond acceptors (Lipinski definition) is 4. The van der Waals surface area contributed by atoms with Crippen molar-refractivity contribution in [2.45, 2.75) is 30.8 Å². The molecule has 1 amide bonds. The quantitative estimate of drug-likeness (QED) is 0.844. The van der Waals surface area contributed by atoms with Gasteiger partial charge in [-0.2, -0.15) is 0 Å². The highest BCUT2D eigenvalue weighted by atomic mass is 32.2. The molecule has 3 rings (SSSR count). The van der Waals surface area contributed by atoms with Gasteiger partial charge in [0, 0.05) is 32.0 Å². The summed E-state index contributed by atoms with van der Waals surface area (Å²) in [5, 5.41) is 0. The molecule has 0 saturated carbocycles. The monoisotopic (exact) mass is 278 g/mol. The Morgan fingerprint density at radius 2 is 2.42 bits per heavy atom. The van der Waals surface area contributed by atoms with Crippen LogP contribution in [0.4, 0.5) is 0 Å². The minimum absolute atomic E-state index is 0.184. The number of ether oxygens (including phenoxy) is 1. The van der Waals surface area contributed by atoms with Crippen LogP contribution in [0.25, 0.3) is 0 Å². The zero-order valence-electron chi connectivity index (χ0n) is 11.0. The van der Waals surface area contributed by atoms with Crippen LogP contribution in [0.2, 0.25) is 0 Å². The molecule has 3 heterocycles. The van der Waals surface area contributed by atoms with Crippen molar-refractivity contribution in [2.24, 2.45) is 0 Å². The Hall–Kier alpha value is -1.07. The first-order valence-corrected chi connectivity index (χ1v) is 7.56. The van der Waals surface area contributed by atoms with Gasteiger partial charge < -0.3 is 9.64 Å². The molecule has 0 aliphatic carbocycles. The van der Waals surface area contributed by atoms with E-state index in [9.17, 15) is 4.79 Å². The van der Waals surface area contributed by atoms with E-state index >= 15 is 0 Å². The van der Waals surface area contributed by atoms with E-state index in [1.807, 2.05) is 34.9 Å². The summed E-state index contributed by atoms with van der Waals surface area (Å²) in [6.07, 6.45) is 3.13. The summed E-state index contributed by atoms with van der Waals surface area (Å²) in [7, 11) is 0. The highest BCUT2D eigenvalue weighted by Gasteiger charge is 2.50. The molecule has 0 bridgehead atoms. The van der Waals surface area contributed by atoms with Gasteiger partial charge in [0.25, 0.3) is 0 Å². The van der Waals surface area contributed by atoms with Crippen molar-refractivity contribution in [3.8, 4) is 0 Å². The van der Waals surface area contributed by atoms with Gasteiger partial charge in [0.2, 0.25) is 5.91 Å². The van der Waals surface area contributed by atoms with Crippen LogP contribution in [0.3, 0.4) is 0 Å². The first-order valence-electron chi connectivity index (χ1n) is 6.58. The number of aromatic nitrogens is 1. The molecule has 102 valence electrons. The number of rotatable bonds is 3.